The second kappa shape index (κ2) is 6.06. The molecule has 2 N–H and O–H groups in total. The van der Waals surface area contributed by atoms with E-state index < -0.39 is 35.1 Å². The molecule has 0 spiro atoms. The maximum Gasteiger partial charge on any atom is 0.402 e. The molecular weight excluding hydrogens is 300 g/mol. The van der Waals surface area contributed by atoms with Crippen molar-refractivity contribution in [2.24, 2.45) is 5.73 Å². The number of hydrogen-bond acceptors (Lipinski definition) is 3. The zero-order valence-electron chi connectivity index (χ0n) is 10.6. The molecule has 0 aliphatic carbocycles. The Bertz CT molecular complexity index is 572. The first kappa shape index (κ1) is 16.9. The lowest BCUT2D eigenvalue weighted by Gasteiger charge is -2.23. The fraction of sp³-hybridized carbons (Fsp3) is 0.455. The van der Waals surface area contributed by atoms with Crippen LogP contribution in [-0.2, 0) is 10.0 Å². The van der Waals surface area contributed by atoms with Gasteiger partial charge in [-0.05, 0) is 30.7 Å². The van der Waals surface area contributed by atoms with Crippen LogP contribution >= 0.6 is 0 Å². The van der Waals surface area contributed by atoms with Crippen LogP contribution in [0.15, 0.2) is 23.1 Å². The number of rotatable bonds is 5. The lowest BCUT2D eigenvalue weighted by molar-refractivity contribution is -0.136. The van der Waals surface area contributed by atoms with Crippen molar-refractivity contribution in [3.8, 4) is 0 Å². The summed E-state index contributed by atoms with van der Waals surface area (Å²) in [5, 5.41) is 0. The summed E-state index contributed by atoms with van der Waals surface area (Å²) < 4.78 is 74.8. The largest absolute Gasteiger partial charge is 0.402 e. The van der Waals surface area contributed by atoms with Gasteiger partial charge in [0.15, 0.2) is 0 Å². The number of nitrogens with two attached hydrogens (primary N) is 1. The molecular formula is C11H14F4N2O2S. The quantitative estimate of drug-likeness (QED) is 0.841. The van der Waals surface area contributed by atoms with Crippen molar-refractivity contribution < 1.29 is 26.0 Å². The Morgan fingerprint density at radius 2 is 1.90 bits per heavy atom. The van der Waals surface area contributed by atoms with Gasteiger partial charge in [-0.1, -0.05) is 0 Å². The van der Waals surface area contributed by atoms with Gasteiger partial charge in [0.2, 0.25) is 10.0 Å². The van der Waals surface area contributed by atoms with E-state index in [1.54, 1.807) is 0 Å². The molecule has 1 aromatic rings. The zero-order valence-corrected chi connectivity index (χ0v) is 11.4. The Balaban J connectivity index is 3.22. The predicted octanol–water partition coefficient (Wildman–Crippen LogP) is 1.65. The average molecular weight is 314 g/mol. The predicted molar refractivity (Wildman–Crippen MR) is 65.0 cm³/mol. The van der Waals surface area contributed by atoms with Crippen LogP contribution in [0.3, 0.4) is 0 Å². The second-order valence-corrected chi connectivity index (χ2v) is 6.06. The van der Waals surface area contributed by atoms with Gasteiger partial charge in [-0.25, -0.2) is 12.8 Å². The second-order valence-electron chi connectivity index (χ2n) is 4.15. The number of sulfonamides is 1. The van der Waals surface area contributed by atoms with Crippen LogP contribution in [0, 0.1) is 12.7 Å². The maximum atomic E-state index is 12.9. The third-order valence-electron chi connectivity index (χ3n) is 2.49. The van der Waals surface area contributed by atoms with E-state index in [0.717, 1.165) is 18.2 Å². The normalized spacial score (nSPS) is 12.9. The number of aryl methyl sites for hydroxylation is 1. The van der Waals surface area contributed by atoms with E-state index in [-0.39, 0.29) is 21.3 Å². The van der Waals surface area contributed by atoms with Crippen LogP contribution in [0.1, 0.15) is 5.56 Å². The fourth-order valence-corrected chi connectivity index (χ4v) is 3.32. The Morgan fingerprint density at radius 3 is 2.35 bits per heavy atom. The SMILES string of the molecule is Cc1cc(F)ccc1S(=O)(=O)N(CCN)CC(F)(F)F. The molecule has 0 atom stereocenters. The van der Waals surface area contributed by atoms with Gasteiger partial charge in [-0.15, -0.1) is 0 Å². The topological polar surface area (TPSA) is 63.4 Å². The van der Waals surface area contributed by atoms with Crippen molar-refractivity contribution in [2.75, 3.05) is 19.6 Å². The van der Waals surface area contributed by atoms with Crippen molar-refractivity contribution in [1.29, 1.82) is 0 Å². The van der Waals surface area contributed by atoms with Gasteiger partial charge in [0.05, 0.1) is 4.90 Å². The molecule has 4 nitrogen and oxygen atoms in total. The zero-order chi connectivity index (χ0) is 15.6. The van der Waals surface area contributed by atoms with Gasteiger partial charge in [-0.3, -0.25) is 0 Å². The van der Waals surface area contributed by atoms with Gasteiger partial charge in [0.1, 0.15) is 12.4 Å². The summed E-state index contributed by atoms with van der Waals surface area (Å²) in [6, 6.07) is 2.77. The summed E-state index contributed by atoms with van der Waals surface area (Å²) in [6.07, 6.45) is -4.68. The molecule has 20 heavy (non-hydrogen) atoms. The van der Waals surface area contributed by atoms with Gasteiger partial charge < -0.3 is 5.73 Å². The van der Waals surface area contributed by atoms with Crippen molar-refractivity contribution in [2.45, 2.75) is 18.0 Å². The number of hydrogen-bond donors (Lipinski definition) is 1. The Labute approximate surface area is 114 Å². The first-order valence-electron chi connectivity index (χ1n) is 5.61. The van der Waals surface area contributed by atoms with Crippen LogP contribution in [0.4, 0.5) is 17.6 Å². The third kappa shape index (κ3) is 4.15. The number of benzene rings is 1. The molecule has 0 fully saturated rings. The van der Waals surface area contributed by atoms with E-state index in [1.807, 2.05) is 0 Å². The molecule has 1 aromatic carbocycles. The third-order valence-corrected chi connectivity index (χ3v) is 4.49. The Morgan fingerprint density at radius 1 is 1.30 bits per heavy atom. The lowest BCUT2D eigenvalue weighted by atomic mass is 10.2. The van der Waals surface area contributed by atoms with Crippen LogP contribution < -0.4 is 5.73 Å². The molecule has 0 unspecified atom stereocenters. The van der Waals surface area contributed by atoms with Gasteiger partial charge >= 0.3 is 6.18 Å². The van der Waals surface area contributed by atoms with Crippen molar-refractivity contribution >= 4 is 10.0 Å². The molecule has 0 heterocycles. The maximum absolute atomic E-state index is 12.9. The minimum atomic E-state index is -4.68. The highest BCUT2D eigenvalue weighted by Gasteiger charge is 2.37. The molecule has 1 rings (SSSR count). The molecule has 0 amide bonds. The molecule has 114 valence electrons. The summed E-state index contributed by atoms with van der Waals surface area (Å²) in [5.74, 6) is -0.664. The minimum absolute atomic E-state index is 0.0363. The van der Waals surface area contributed by atoms with E-state index in [1.165, 1.54) is 6.92 Å². The monoisotopic (exact) mass is 314 g/mol. The molecule has 0 saturated heterocycles. The van der Waals surface area contributed by atoms with Gasteiger partial charge in [0.25, 0.3) is 0 Å². The van der Waals surface area contributed by atoms with E-state index in [0.29, 0.717) is 0 Å². The number of halogens is 4. The number of alkyl halides is 3. The fourth-order valence-electron chi connectivity index (χ4n) is 1.67. The Kier molecular flexibility index (Phi) is 5.11. The van der Waals surface area contributed by atoms with E-state index in [4.69, 9.17) is 5.73 Å². The molecule has 9 heteroatoms. The van der Waals surface area contributed by atoms with Crippen LogP contribution in [0.25, 0.3) is 0 Å². The summed E-state index contributed by atoms with van der Waals surface area (Å²) in [7, 11) is -4.38. The van der Waals surface area contributed by atoms with Crippen molar-refractivity contribution in [3.05, 3.63) is 29.6 Å². The first-order valence-corrected chi connectivity index (χ1v) is 7.05. The first-order chi connectivity index (χ1) is 9.08. The minimum Gasteiger partial charge on any atom is -0.329 e. The standard InChI is InChI=1S/C11H14F4N2O2S/c1-8-6-9(12)2-3-10(8)20(18,19)17(5-4-16)7-11(13,14)15/h2-3,6H,4-5,7,16H2,1H3. The van der Waals surface area contributed by atoms with E-state index >= 15 is 0 Å². The van der Waals surface area contributed by atoms with Crippen LogP contribution in [-0.4, -0.2) is 38.5 Å². The average Bonchev–Trinajstić information content (AvgIpc) is 2.26. The van der Waals surface area contributed by atoms with E-state index in [9.17, 15) is 26.0 Å². The summed E-state index contributed by atoms with van der Waals surface area (Å²) in [5.41, 5.74) is 5.19. The molecule has 0 saturated carbocycles. The smallest absolute Gasteiger partial charge is 0.329 e. The molecule has 0 aliphatic heterocycles. The van der Waals surface area contributed by atoms with Crippen LogP contribution in [0.5, 0.6) is 0 Å². The molecule has 0 aliphatic rings. The van der Waals surface area contributed by atoms with Gasteiger partial charge in [0, 0.05) is 13.1 Å². The van der Waals surface area contributed by atoms with Crippen molar-refractivity contribution in [3.63, 3.8) is 0 Å². The molecule has 0 aromatic heterocycles. The highest BCUT2D eigenvalue weighted by atomic mass is 32.2. The Hall–Kier alpha value is -1.19. The highest BCUT2D eigenvalue weighted by molar-refractivity contribution is 7.89. The lowest BCUT2D eigenvalue weighted by Crippen LogP contribution is -2.41. The molecule has 0 radical (unpaired) electrons. The summed E-state index contributed by atoms with van der Waals surface area (Å²) >= 11 is 0. The molecule has 0 bridgehead atoms. The summed E-state index contributed by atoms with van der Waals surface area (Å²) in [4.78, 5) is -0.364. The summed E-state index contributed by atoms with van der Waals surface area (Å²) in [6.45, 7) is -1.05. The number of nitrogens with zero attached hydrogens (tertiary/aromatic N) is 1. The van der Waals surface area contributed by atoms with E-state index in [2.05, 4.69) is 0 Å². The van der Waals surface area contributed by atoms with Crippen molar-refractivity contribution in [1.82, 2.24) is 4.31 Å². The highest BCUT2D eigenvalue weighted by Crippen LogP contribution is 2.24. The van der Waals surface area contributed by atoms with Crippen LogP contribution in [0.2, 0.25) is 0 Å². The van der Waals surface area contributed by atoms with Gasteiger partial charge in [-0.2, -0.15) is 17.5 Å².